The Bertz CT molecular complexity index is 607. The van der Waals surface area contributed by atoms with Crippen molar-refractivity contribution in [1.82, 2.24) is 20.0 Å². The molecule has 7 heteroatoms. The summed E-state index contributed by atoms with van der Waals surface area (Å²) in [6.07, 6.45) is 4.56. The fraction of sp³-hybridized carbons (Fsp3) is 0.706. The first-order valence-electron chi connectivity index (χ1n) is 8.78. The van der Waals surface area contributed by atoms with E-state index in [-0.39, 0.29) is 17.9 Å². The van der Waals surface area contributed by atoms with E-state index in [0.717, 1.165) is 19.3 Å². The molecule has 24 heavy (non-hydrogen) atoms. The molecule has 0 radical (unpaired) electrons. The smallest absolute Gasteiger partial charge is 0.274 e. The Hall–Kier alpha value is -1.89. The average molecular weight is 334 g/mol. The van der Waals surface area contributed by atoms with E-state index in [9.17, 15) is 9.59 Å². The molecule has 0 bridgehead atoms. The topological polar surface area (TPSA) is 76.5 Å². The molecule has 0 aromatic carbocycles. The van der Waals surface area contributed by atoms with Crippen molar-refractivity contribution in [3.63, 3.8) is 0 Å². The Morgan fingerprint density at radius 1 is 1.25 bits per heavy atom. The minimum absolute atomic E-state index is 0.140. The SMILES string of the molecule is C[C@H]1CCCC[C@H]1NC(=O)c1cc(C(=O)N2CCOCC2)nn1C. The quantitative estimate of drug-likeness (QED) is 0.901. The summed E-state index contributed by atoms with van der Waals surface area (Å²) in [7, 11) is 1.70. The third-order valence-electron chi connectivity index (χ3n) is 5.06. The highest BCUT2D eigenvalue weighted by Gasteiger charge is 2.27. The van der Waals surface area contributed by atoms with Gasteiger partial charge in [0.2, 0.25) is 0 Å². The Morgan fingerprint density at radius 3 is 2.67 bits per heavy atom. The zero-order valence-electron chi connectivity index (χ0n) is 14.5. The first-order valence-corrected chi connectivity index (χ1v) is 8.78. The van der Waals surface area contributed by atoms with Crippen molar-refractivity contribution in [2.45, 2.75) is 38.6 Å². The van der Waals surface area contributed by atoms with Crippen LogP contribution in [0.3, 0.4) is 0 Å². The van der Waals surface area contributed by atoms with Crippen LogP contribution in [0.4, 0.5) is 0 Å². The zero-order chi connectivity index (χ0) is 17.1. The molecule has 3 rings (SSSR count). The molecule has 1 saturated carbocycles. The molecule has 0 unspecified atom stereocenters. The molecular formula is C17H26N4O3. The molecule has 1 aliphatic heterocycles. The lowest BCUT2D eigenvalue weighted by atomic mass is 9.86. The number of hydrogen-bond donors (Lipinski definition) is 1. The van der Waals surface area contributed by atoms with Gasteiger partial charge in [0.25, 0.3) is 11.8 Å². The van der Waals surface area contributed by atoms with E-state index in [0.29, 0.717) is 43.6 Å². The minimum Gasteiger partial charge on any atom is -0.378 e. The van der Waals surface area contributed by atoms with Crippen molar-refractivity contribution in [2.75, 3.05) is 26.3 Å². The van der Waals surface area contributed by atoms with Gasteiger partial charge in [-0.2, -0.15) is 5.10 Å². The summed E-state index contributed by atoms with van der Waals surface area (Å²) in [4.78, 5) is 26.8. The van der Waals surface area contributed by atoms with Crippen LogP contribution in [0.15, 0.2) is 6.07 Å². The standard InChI is InChI=1S/C17H26N4O3/c1-12-5-3-4-6-13(12)18-16(22)15-11-14(19-20(15)2)17(23)21-7-9-24-10-8-21/h11-13H,3-10H2,1-2H3,(H,18,22)/t12-,13+/m0/s1. The van der Waals surface area contributed by atoms with E-state index in [1.54, 1.807) is 18.0 Å². The van der Waals surface area contributed by atoms with Gasteiger partial charge < -0.3 is 15.0 Å². The van der Waals surface area contributed by atoms with Crippen LogP contribution >= 0.6 is 0 Å². The maximum Gasteiger partial charge on any atom is 0.274 e. The first kappa shape index (κ1) is 17.0. The van der Waals surface area contributed by atoms with Crippen LogP contribution in [0.5, 0.6) is 0 Å². The van der Waals surface area contributed by atoms with Crippen molar-refractivity contribution in [1.29, 1.82) is 0 Å². The molecule has 1 saturated heterocycles. The fourth-order valence-electron chi connectivity index (χ4n) is 3.49. The Kier molecular flexibility index (Phi) is 5.18. The van der Waals surface area contributed by atoms with Crippen molar-refractivity contribution in [2.24, 2.45) is 13.0 Å². The lowest BCUT2D eigenvalue weighted by Crippen LogP contribution is -2.41. The predicted octanol–water partition coefficient (Wildman–Crippen LogP) is 1.20. The number of morpholine rings is 1. The number of aromatic nitrogens is 2. The van der Waals surface area contributed by atoms with Crippen molar-refractivity contribution >= 4 is 11.8 Å². The van der Waals surface area contributed by atoms with Crippen LogP contribution in [-0.2, 0) is 11.8 Å². The summed E-state index contributed by atoms with van der Waals surface area (Å²) < 4.78 is 6.76. The Labute approximate surface area is 142 Å². The number of hydrogen-bond acceptors (Lipinski definition) is 4. The van der Waals surface area contributed by atoms with Crippen LogP contribution in [0, 0.1) is 5.92 Å². The molecule has 1 aliphatic carbocycles. The molecule has 2 atom stereocenters. The monoisotopic (exact) mass is 334 g/mol. The molecule has 2 heterocycles. The van der Waals surface area contributed by atoms with Gasteiger partial charge in [0.15, 0.2) is 5.69 Å². The second-order valence-corrected chi connectivity index (χ2v) is 6.78. The van der Waals surface area contributed by atoms with Crippen LogP contribution in [0.2, 0.25) is 0 Å². The highest BCUT2D eigenvalue weighted by molar-refractivity contribution is 5.98. The number of carbonyl (C=O) groups excluding carboxylic acids is 2. The third kappa shape index (κ3) is 3.61. The summed E-state index contributed by atoms with van der Waals surface area (Å²) in [5.41, 5.74) is 0.755. The second kappa shape index (κ2) is 7.34. The second-order valence-electron chi connectivity index (χ2n) is 6.78. The first-order chi connectivity index (χ1) is 11.6. The van der Waals surface area contributed by atoms with Gasteiger partial charge in [0.1, 0.15) is 5.69 Å². The number of aryl methyl sites for hydroxylation is 1. The number of carbonyl (C=O) groups is 2. The minimum atomic E-state index is -0.148. The van der Waals surface area contributed by atoms with Gasteiger partial charge in [0, 0.05) is 32.2 Å². The van der Waals surface area contributed by atoms with E-state index in [1.807, 2.05) is 0 Å². The molecule has 2 amide bonds. The van der Waals surface area contributed by atoms with Crippen molar-refractivity contribution < 1.29 is 14.3 Å². The summed E-state index contributed by atoms with van der Waals surface area (Å²) in [5.74, 6) is 0.203. The summed E-state index contributed by atoms with van der Waals surface area (Å²) >= 11 is 0. The number of nitrogens with one attached hydrogen (secondary N) is 1. The van der Waals surface area contributed by atoms with Gasteiger partial charge in [-0.3, -0.25) is 14.3 Å². The van der Waals surface area contributed by atoms with Crippen molar-refractivity contribution in [3.8, 4) is 0 Å². The van der Waals surface area contributed by atoms with E-state index >= 15 is 0 Å². The third-order valence-corrected chi connectivity index (χ3v) is 5.06. The van der Waals surface area contributed by atoms with Crippen LogP contribution < -0.4 is 5.32 Å². The molecular weight excluding hydrogens is 308 g/mol. The Balaban J connectivity index is 1.68. The van der Waals surface area contributed by atoms with Gasteiger partial charge in [-0.15, -0.1) is 0 Å². The van der Waals surface area contributed by atoms with E-state index < -0.39 is 0 Å². The summed E-state index contributed by atoms with van der Waals surface area (Å²) in [5, 5.41) is 7.36. The zero-order valence-corrected chi connectivity index (χ0v) is 14.5. The molecule has 2 fully saturated rings. The molecule has 7 nitrogen and oxygen atoms in total. The maximum absolute atomic E-state index is 12.6. The highest BCUT2D eigenvalue weighted by Crippen LogP contribution is 2.24. The van der Waals surface area contributed by atoms with Crippen LogP contribution in [-0.4, -0.2) is 58.8 Å². The normalized spacial score (nSPS) is 24.7. The number of rotatable bonds is 3. The van der Waals surface area contributed by atoms with Gasteiger partial charge >= 0.3 is 0 Å². The fourth-order valence-corrected chi connectivity index (χ4v) is 3.49. The van der Waals surface area contributed by atoms with Crippen molar-refractivity contribution in [3.05, 3.63) is 17.5 Å². The van der Waals surface area contributed by atoms with Crippen LogP contribution in [0.1, 0.15) is 53.6 Å². The van der Waals surface area contributed by atoms with Gasteiger partial charge in [0.05, 0.1) is 13.2 Å². The highest BCUT2D eigenvalue weighted by atomic mass is 16.5. The number of ether oxygens (including phenoxy) is 1. The molecule has 1 aromatic heterocycles. The number of nitrogens with zero attached hydrogens (tertiary/aromatic N) is 3. The lowest BCUT2D eigenvalue weighted by Gasteiger charge is -2.29. The summed E-state index contributed by atoms with van der Waals surface area (Å²) in [6.45, 7) is 4.41. The number of amides is 2. The molecule has 2 aliphatic rings. The van der Waals surface area contributed by atoms with Gasteiger partial charge in [-0.05, 0) is 18.8 Å². The Morgan fingerprint density at radius 2 is 1.96 bits per heavy atom. The average Bonchev–Trinajstić information content (AvgIpc) is 2.99. The maximum atomic E-state index is 12.6. The van der Waals surface area contributed by atoms with Gasteiger partial charge in [-0.25, -0.2) is 0 Å². The van der Waals surface area contributed by atoms with Gasteiger partial charge in [-0.1, -0.05) is 19.8 Å². The largest absolute Gasteiger partial charge is 0.378 e. The molecule has 1 aromatic rings. The molecule has 0 spiro atoms. The predicted molar refractivity (Wildman–Crippen MR) is 88.8 cm³/mol. The molecule has 132 valence electrons. The van der Waals surface area contributed by atoms with E-state index in [4.69, 9.17) is 4.74 Å². The lowest BCUT2D eigenvalue weighted by molar-refractivity contribution is 0.0298. The molecule has 1 N–H and O–H groups in total. The summed E-state index contributed by atoms with van der Waals surface area (Å²) in [6, 6.07) is 1.81. The van der Waals surface area contributed by atoms with E-state index in [2.05, 4.69) is 17.3 Å². The van der Waals surface area contributed by atoms with E-state index in [1.165, 1.54) is 11.1 Å². The van der Waals surface area contributed by atoms with Crippen LogP contribution in [0.25, 0.3) is 0 Å².